The Morgan fingerprint density at radius 2 is 1.88 bits per heavy atom. The maximum Gasteiger partial charge on any atom is 0.305 e. The van der Waals surface area contributed by atoms with Gasteiger partial charge in [-0.1, -0.05) is 68.7 Å². The number of rotatable bonds is 10. The molecule has 0 saturated heterocycles. The summed E-state index contributed by atoms with van der Waals surface area (Å²) in [5.74, 6) is -1.45. The van der Waals surface area contributed by atoms with Crippen molar-refractivity contribution in [2.24, 2.45) is 5.73 Å². The quantitative estimate of drug-likeness (QED) is 0.296. The van der Waals surface area contributed by atoms with E-state index in [9.17, 15) is 14.7 Å². The molecule has 0 aliphatic carbocycles. The van der Waals surface area contributed by atoms with E-state index >= 15 is 0 Å². The lowest BCUT2D eigenvalue weighted by Gasteiger charge is -2.45. The van der Waals surface area contributed by atoms with Gasteiger partial charge in [0.15, 0.2) is 0 Å². The fourth-order valence-electron chi connectivity index (χ4n) is 4.54. The minimum absolute atomic E-state index is 0.0156. The van der Waals surface area contributed by atoms with Gasteiger partial charge < -0.3 is 20.5 Å². The summed E-state index contributed by atoms with van der Waals surface area (Å²) >= 11 is 0. The van der Waals surface area contributed by atoms with Gasteiger partial charge in [-0.2, -0.15) is 0 Å². The molecular formula is C25H31N3O4. The molecule has 0 saturated carbocycles. The minimum atomic E-state index is -0.935. The number of amidine groups is 1. The van der Waals surface area contributed by atoms with Crippen LogP contribution in [0.4, 0.5) is 0 Å². The molecule has 3 unspecified atom stereocenters. The van der Waals surface area contributed by atoms with Gasteiger partial charge in [-0.15, -0.1) is 0 Å². The fraction of sp³-hybridized carbons (Fsp3) is 0.400. The molecule has 2 aromatic carbocycles. The molecule has 1 amide bonds. The first-order valence-electron chi connectivity index (χ1n) is 11.0. The van der Waals surface area contributed by atoms with E-state index in [0.29, 0.717) is 17.5 Å². The number of hydrogen-bond acceptors (Lipinski definition) is 4. The normalized spacial score (nSPS) is 18.8. The number of hydrogen-bond donors (Lipinski definition) is 3. The molecule has 32 heavy (non-hydrogen) atoms. The number of amides is 1. The van der Waals surface area contributed by atoms with Crippen molar-refractivity contribution in [3.63, 3.8) is 0 Å². The van der Waals surface area contributed by atoms with Gasteiger partial charge in [0, 0.05) is 24.3 Å². The van der Waals surface area contributed by atoms with Crippen LogP contribution in [0.15, 0.2) is 48.5 Å². The summed E-state index contributed by atoms with van der Waals surface area (Å²) in [6, 6.07) is 14.3. The number of unbranched alkanes of at least 4 members (excludes halogenated alkanes) is 2. The van der Waals surface area contributed by atoms with E-state index in [1.165, 1.54) is 0 Å². The number of methoxy groups -OCH3 is 1. The second kappa shape index (κ2) is 10.4. The van der Waals surface area contributed by atoms with Crippen LogP contribution in [-0.4, -0.2) is 47.1 Å². The Kier molecular flexibility index (Phi) is 7.64. The maximum absolute atomic E-state index is 13.6. The van der Waals surface area contributed by atoms with E-state index in [4.69, 9.17) is 15.9 Å². The molecule has 4 N–H and O–H groups in total. The minimum Gasteiger partial charge on any atom is -0.481 e. The van der Waals surface area contributed by atoms with Crippen LogP contribution in [-0.2, 0) is 9.53 Å². The third kappa shape index (κ3) is 4.83. The first-order chi connectivity index (χ1) is 15.4. The van der Waals surface area contributed by atoms with Crippen molar-refractivity contribution < 1.29 is 19.4 Å². The lowest BCUT2D eigenvalue weighted by Crippen LogP contribution is -2.54. The molecule has 3 rings (SSSR count). The van der Waals surface area contributed by atoms with Gasteiger partial charge in [0.25, 0.3) is 5.91 Å². The molecule has 0 aromatic heterocycles. The van der Waals surface area contributed by atoms with Crippen molar-refractivity contribution >= 4 is 17.7 Å². The van der Waals surface area contributed by atoms with Crippen molar-refractivity contribution in [2.45, 2.75) is 57.2 Å². The summed E-state index contributed by atoms with van der Waals surface area (Å²) in [6.45, 7) is 2.09. The molecule has 1 aliphatic rings. The largest absolute Gasteiger partial charge is 0.481 e. The summed E-state index contributed by atoms with van der Waals surface area (Å²) in [6.07, 6.45) is 2.65. The van der Waals surface area contributed by atoms with Crippen molar-refractivity contribution in [3.8, 4) is 0 Å². The third-order valence-electron chi connectivity index (χ3n) is 6.09. The molecule has 1 aliphatic heterocycles. The Hall–Kier alpha value is -3.19. The molecule has 3 atom stereocenters. The molecule has 0 radical (unpaired) electrons. The van der Waals surface area contributed by atoms with E-state index in [0.717, 1.165) is 30.4 Å². The highest BCUT2D eigenvalue weighted by atomic mass is 16.5. The first-order valence-corrected chi connectivity index (χ1v) is 11.0. The second-order valence-corrected chi connectivity index (χ2v) is 8.19. The zero-order valence-electron chi connectivity index (χ0n) is 18.6. The van der Waals surface area contributed by atoms with Crippen LogP contribution in [0, 0.1) is 5.41 Å². The number of fused-ring (bicyclic) bond motifs is 1. The van der Waals surface area contributed by atoms with E-state index in [-0.39, 0.29) is 24.1 Å². The Morgan fingerprint density at radius 1 is 1.19 bits per heavy atom. The number of ether oxygens (including phenoxy) is 1. The molecule has 2 aromatic rings. The molecule has 0 spiro atoms. The number of carbonyl (C=O) groups is 2. The number of carboxylic acid groups (broad SMARTS) is 1. The predicted molar refractivity (Wildman–Crippen MR) is 123 cm³/mol. The number of nitrogen functional groups attached to an aromatic ring is 1. The average Bonchev–Trinajstić information content (AvgIpc) is 2.78. The Morgan fingerprint density at radius 3 is 2.47 bits per heavy atom. The van der Waals surface area contributed by atoms with Gasteiger partial charge >= 0.3 is 5.97 Å². The number of carbonyl (C=O) groups excluding carboxylic acids is 1. The van der Waals surface area contributed by atoms with E-state index in [1.54, 1.807) is 30.2 Å². The molecule has 7 heteroatoms. The monoisotopic (exact) mass is 437 g/mol. The van der Waals surface area contributed by atoms with Gasteiger partial charge in [0.2, 0.25) is 0 Å². The zero-order chi connectivity index (χ0) is 23.3. The summed E-state index contributed by atoms with van der Waals surface area (Å²) in [5, 5.41) is 17.2. The van der Waals surface area contributed by atoms with Crippen molar-refractivity contribution in [1.29, 1.82) is 5.41 Å². The van der Waals surface area contributed by atoms with Crippen LogP contribution in [0.1, 0.15) is 72.0 Å². The lowest BCUT2D eigenvalue weighted by atomic mass is 9.81. The van der Waals surface area contributed by atoms with Crippen molar-refractivity contribution in [3.05, 3.63) is 70.8 Å². The summed E-state index contributed by atoms with van der Waals surface area (Å²) in [7, 11) is 1.56. The highest BCUT2D eigenvalue weighted by molar-refractivity contribution is 5.98. The SMILES string of the molecule is CCCCCC(CC(=O)O)N1C(=O)c2ccccc2C(c2ccc(C(=N)N)cc2)C1OC. The van der Waals surface area contributed by atoms with Crippen LogP contribution in [0.25, 0.3) is 0 Å². The highest BCUT2D eigenvalue weighted by Gasteiger charge is 2.44. The Bertz CT molecular complexity index is 973. The summed E-state index contributed by atoms with van der Waals surface area (Å²) < 4.78 is 5.89. The third-order valence-corrected chi connectivity index (χ3v) is 6.09. The number of aliphatic carboxylic acids is 1. The molecule has 1 heterocycles. The number of nitrogens with zero attached hydrogens (tertiary/aromatic N) is 1. The van der Waals surface area contributed by atoms with E-state index < -0.39 is 18.2 Å². The van der Waals surface area contributed by atoms with Crippen LogP contribution >= 0.6 is 0 Å². The van der Waals surface area contributed by atoms with Gasteiger partial charge in [-0.3, -0.25) is 15.0 Å². The average molecular weight is 438 g/mol. The number of benzene rings is 2. The van der Waals surface area contributed by atoms with E-state index in [2.05, 4.69) is 6.92 Å². The summed E-state index contributed by atoms with van der Waals surface area (Å²) in [5.41, 5.74) is 8.54. The van der Waals surface area contributed by atoms with Gasteiger partial charge in [-0.25, -0.2) is 0 Å². The number of nitrogens with two attached hydrogens (primary N) is 1. The molecule has 7 nitrogen and oxygen atoms in total. The standard InChI is InChI=1S/C25H31N3O4/c1-3-4-5-8-18(15-21(29)30)28-24(31)20-10-7-6-9-19(20)22(25(28)32-2)16-11-13-17(14-12-16)23(26)27/h6-7,9-14,18,22,25H,3-5,8,15H2,1-2H3,(H3,26,27)(H,29,30). The van der Waals surface area contributed by atoms with E-state index in [1.807, 2.05) is 30.3 Å². The van der Waals surface area contributed by atoms with Gasteiger partial charge in [-0.05, 0) is 23.6 Å². The molecule has 0 fully saturated rings. The van der Waals surface area contributed by atoms with Crippen LogP contribution in [0.2, 0.25) is 0 Å². The van der Waals surface area contributed by atoms with Crippen LogP contribution in [0.3, 0.4) is 0 Å². The van der Waals surface area contributed by atoms with Gasteiger partial charge in [0.05, 0.1) is 12.3 Å². The topological polar surface area (TPSA) is 117 Å². The number of nitrogens with one attached hydrogen (secondary N) is 1. The fourth-order valence-corrected chi connectivity index (χ4v) is 4.54. The smallest absolute Gasteiger partial charge is 0.305 e. The molecular weight excluding hydrogens is 406 g/mol. The van der Waals surface area contributed by atoms with Gasteiger partial charge in [0.1, 0.15) is 12.1 Å². The van der Waals surface area contributed by atoms with Crippen molar-refractivity contribution in [2.75, 3.05) is 7.11 Å². The molecule has 170 valence electrons. The van der Waals surface area contributed by atoms with Crippen LogP contribution < -0.4 is 5.73 Å². The highest BCUT2D eigenvalue weighted by Crippen LogP contribution is 2.40. The predicted octanol–water partition coefficient (Wildman–Crippen LogP) is 3.95. The second-order valence-electron chi connectivity index (χ2n) is 8.19. The first kappa shape index (κ1) is 23.5. The van der Waals surface area contributed by atoms with Crippen LogP contribution in [0.5, 0.6) is 0 Å². The summed E-state index contributed by atoms with van der Waals surface area (Å²) in [4.78, 5) is 26.9. The lowest BCUT2D eigenvalue weighted by molar-refractivity contribution is -0.139. The Labute approximate surface area is 188 Å². The Balaban J connectivity index is 2.09. The maximum atomic E-state index is 13.6. The zero-order valence-corrected chi connectivity index (χ0v) is 18.6. The number of carboxylic acids is 1. The van der Waals surface area contributed by atoms with Crippen molar-refractivity contribution in [1.82, 2.24) is 4.90 Å². The molecule has 0 bridgehead atoms.